The zero-order valence-corrected chi connectivity index (χ0v) is 12.1. The predicted octanol–water partition coefficient (Wildman–Crippen LogP) is 2.00. The number of carbonyl (C=O) groups is 1. The fraction of sp³-hybridized carbons (Fsp3) is 0.500. The van der Waals surface area contributed by atoms with Gasteiger partial charge in [-0.25, -0.2) is 0 Å². The average molecular weight is 280 g/mol. The van der Waals surface area contributed by atoms with E-state index in [1.165, 1.54) is 0 Å². The van der Waals surface area contributed by atoms with Gasteiger partial charge in [0.2, 0.25) is 0 Å². The van der Waals surface area contributed by atoms with Gasteiger partial charge in [0.05, 0.1) is 5.69 Å². The van der Waals surface area contributed by atoms with Gasteiger partial charge < -0.3 is 5.11 Å². The summed E-state index contributed by atoms with van der Waals surface area (Å²) in [6.45, 7) is 4.01. The Kier molecular flexibility index (Phi) is 4.37. The van der Waals surface area contributed by atoms with E-state index in [0.29, 0.717) is 12.8 Å². The number of hydrazine groups is 1. The van der Waals surface area contributed by atoms with E-state index in [-0.39, 0.29) is 5.91 Å². The molecule has 5 heteroatoms. The van der Waals surface area contributed by atoms with Crippen molar-refractivity contribution in [2.75, 3.05) is 16.9 Å². The Morgan fingerprint density at radius 3 is 2.37 bits per heavy atom. The fourth-order valence-electron chi connectivity index (χ4n) is 2.23. The normalized spacial score (nSPS) is 17.8. The Morgan fingerprint density at radius 1 is 1.21 bits per heavy atom. The highest BCUT2D eigenvalue weighted by molar-refractivity contribution is 7.99. The molecule has 1 amide bonds. The first-order valence-corrected chi connectivity index (χ1v) is 7.60. The molecule has 19 heavy (non-hydrogen) atoms. The maximum Gasteiger partial charge on any atom is 0.270 e. The van der Waals surface area contributed by atoms with Crippen LogP contribution in [-0.4, -0.2) is 28.1 Å². The smallest absolute Gasteiger partial charge is 0.270 e. The molecule has 4 nitrogen and oxygen atoms in total. The number of aliphatic hydroxyl groups is 1. The minimum absolute atomic E-state index is 0.341. The Hall–Kier alpha value is -1.20. The van der Waals surface area contributed by atoms with Crippen molar-refractivity contribution in [3.8, 4) is 0 Å². The fourth-order valence-corrected chi connectivity index (χ4v) is 3.40. The summed E-state index contributed by atoms with van der Waals surface area (Å²) in [5.41, 5.74) is 7.36. The number of nitrogens with one attached hydrogen (secondary N) is 2. The molecule has 0 saturated carbocycles. The highest BCUT2D eigenvalue weighted by Crippen LogP contribution is 2.27. The minimum Gasteiger partial charge on any atom is -0.380 e. The number of hydrogen-bond acceptors (Lipinski definition) is 4. The summed E-state index contributed by atoms with van der Waals surface area (Å²) >= 11 is 1.77. The van der Waals surface area contributed by atoms with E-state index in [4.69, 9.17) is 0 Å². The van der Waals surface area contributed by atoms with Crippen molar-refractivity contribution in [3.05, 3.63) is 29.3 Å². The van der Waals surface area contributed by atoms with Gasteiger partial charge >= 0.3 is 0 Å². The molecule has 0 spiro atoms. The summed E-state index contributed by atoms with van der Waals surface area (Å²) in [5, 5.41) is 10.3. The Bertz CT molecular complexity index is 450. The van der Waals surface area contributed by atoms with Crippen LogP contribution in [0.1, 0.15) is 24.0 Å². The van der Waals surface area contributed by atoms with E-state index >= 15 is 0 Å². The molecule has 2 rings (SSSR count). The highest BCUT2D eigenvalue weighted by atomic mass is 32.2. The van der Waals surface area contributed by atoms with Gasteiger partial charge in [-0.3, -0.25) is 15.6 Å². The van der Waals surface area contributed by atoms with Crippen LogP contribution in [0.3, 0.4) is 0 Å². The first kappa shape index (κ1) is 14.2. The van der Waals surface area contributed by atoms with Gasteiger partial charge in [0.25, 0.3) is 5.91 Å². The molecule has 1 heterocycles. The molecular formula is C14H20N2O2S. The van der Waals surface area contributed by atoms with Crippen LogP contribution in [-0.2, 0) is 4.79 Å². The number of aryl methyl sites for hydroxylation is 2. The van der Waals surface area contributed by atoms with E-state index in [1.807, 2.05) is 26.0 Å². The van der Waals surface area contributed by atoms with Crippen LogP contribution in [0.5, 0.6) is 0 Å². The maximum atomic E-state index is 12.0. The van der Waals surface area contributed by atoms with E-state index in [9.17, 15) is 9.90 Å². The standard InChI is InChI=1S/C14H20N2O2S/c1-10-7-11(2)9-12(8-10)15-16-13(17)14(18)3-5-19-6-4-14/h7-9,15,18H,3-6H2,1-2H3,(H,16,17). The number of thioether (sulfide) groups is 1. The van der Waals surface area contributed by atoms with Crippen LogP contribution in [0, 0.1) is 13.8 Å². The third-order valence-corrected chi connectivity index (χ3v) is 4.27. The van der Waals surface area contributed by atoms with E-state index in [2.05, 4.69) is 16.9 Å². The third kappa shape index (κ3) is 3.64. The molecule has 0 atom stereocenters. The molecule has 0 radical (unpaired) electrons. The van der Waals surface area contributed by atoms with Crippen LogP contribution < -0.4 is 10.9 Å². The molecule has 1 saturated heterocycles. The molecule has 1 fully saturated rings. The number of carbonyl (C=O) groups excluding carboxylic acids is 1. The molecule has 0 aromatic heterocycles. The maximum absolute atomic E-state index is 12.0. The van der Waals surface area contributed by atoms with Crippen LogP contribution in [0.2, 0.25) is 0 Å². The van der Waals surface area contributed by atoms with Gasteiger partial charge in [0.15, 0.2) is 0 Å². The number of amides is 1. The van der Waals surface area contributed by atoms with Crippen molar-refractivity contribution in [2.45, 2.75) is 32.3 Å². The Balaban J connectivity index is 1.96. The molecule has 104 valence electrons. The molecule has 1 aliphatic heterocycles. The lowest BCUT2D eigenvalue weighted by Crippen LogP contribution is -2.50. The third-order valence-electron chi connectivity index (χ3n) is 3.28. The first-order valence-electron chi connectivity index (χ1n) is 6.44. The second kappa shape index (κ2) is 5.84. The number of rotatable bonds is 3. The molecular weight excluding hydrogens is 260 g/mol. The topological polar surface area (TPSA) is 61.4 Å². The molecule has 1 aliphatic rings. The van der Waals surface area contributed by atoms with Crippen molar-refractivity contribution in [2.24, 2.45) is 0 Å². The van der Waals surface area contributed by atoms with Gasteiger partial charge in [-0.05, 0) is 61.5 Å². The van der Waals surface area contributed by atoms with Crippen molar-refractivity contribution in [3.63, 3.8) is 0 Å². The van der Waals surface area contributed by atoms with Crippen LogP contribution >= 0.6 is 11.8 Å². The summed E-state index contributed by atoms with van der Waals surface area (Å²) in [6, 6.07) is 5.97. The van der Waals surface area contributed by atoms with Gasteiger partial charge in [-0.1, -0.05) is 6.07 Å². The lowest BCUT2D eigenvalue weighted by Gasteiger charge is -2.30. The Labute approximate surface area is 117 Å². The molecule has 1 aromatic rings. The van der Waals surface area contributed by atoms with Gasteiger partial charge in [0.1, 0.15) is 5.60 Å². The zero-order chi connectivity index (χ0) is 13.9. The van der Waals surface area contributed by atoms with Gasteiger partial charge in [-0.15, -0.1) is 0 Å². The van der Waals surface area contributed by atoms with Gasteiger partial charge in [-0.2, -0.15) is 11.8 Å². The molecule has 0 aliphatic carbocycles. The van der Waals surface area contributed by atoms with Crippen LogP contribution in [0.4, 0.5) is 5.69 Å². The highest BCUT2D eigenvalue weighted by Gasteiger charge is 2.37. The van der Waals surface area contributed by atoms with E-state index in [0.717, 1.165) is 28.3 Å². The largest absolute Gasteiger partial charge is 0.380 e. The average Bonchev–Trinajstić information content (AvgIpc) is 2.35. The summed E-state index contributed by atoms with van der Waals surface area (Å²) in [6.07, 6.45) is 1.02. The lowest BCUT2D eigenvalue weighted by molar-refractivity contribution is -0.139. The second-order valence-electron chi connectivity index (χ2n) is 5.10. The van der Waals surface area contributed by atoms with Gasteiger partial charge in [0, 0.05) is 0 Å². The van der Waals surface area contributed by atoms with E-state index in [1.54, 1.807) is 11.8 Å². The Morgan fingerprint density at radius 2 is 1.79 bits per heavy atom. The molecule has 0 bridgehead atoms. The van der Waals surface area contributed by atoms with Crippen LogP contribution in [0.25, 0.3) is 0 Å². The number of benzene rings is 1. The second-order valence-corrected chi connectivity index (χ2v) is 6.32. The summed E-state index contributed by atoms with van der Waals surface area (Å²) in [5.74, 6) is 1.31. The first-order chi connectivity index (χ1) is 8.99. The summed E-state index contributed by atoms with van der Waals surface area (Å²) < 4.78 is 0. The quantitative estimate of drug-likeness (QED) is 0.741. The van der Waals surface area contributed by atoms with E-state index < -0.39 is 5.60 Å². The number of hydrogen-bond donors (Lipinski definition) is 3. The lowest BCUT2D eigenvalue weighted by atomic mass is 9.96. The summed E-state index contributed by atoms with van der Waals surface area (Å²) in [4.78, 5) is 12.0. The molecule has 0 unspecified atom stereocenters. The van der Waals surface area contributed by atoms with Crippen molar-refractivity contribution in [1.82, 2.24) is 5.43 Å². The molecule has 3 N–H and O–H groups in total. The summed E-state index contributed by atoms with van der Waals surface area (Å²) in [7, 11) is 0. The van der Waals surface area contributed by atoms with Crippen molar-refractivity contribution < 1.29 is 9.90 Å². The van der Waals surface area contributed by atoms with Crippen molar-refractivity contribution in [1.29, 1.82) is 0 Å². The predicted molar refractivity (Wildman–Crippen MR) is 79.2 cm³/mol. The molecule has 1 aromatic carbocycles. The number of anilines is 1. The SMILES string of the molecule is Cc1cc(C)cc(NNC(=O)C2(O)CCSCC2)c1. The monoisotopic (exact) mass is 280 g/mol. The minimum atomic E-state index is -1.23. The van der Waals surface area contributed by atoms with Crippen LogP contribution in [0.15, 0.2) is 18.2 Å². The van der Waals surface area contributed by atoms with Crippen molar-refractivity contribution >= 4 is 23.4 Å². The zero-order valence-electron chi connectivity index (χ0n) is 11.3.